The van der Waals surface area contributed by atoms with Crippen molar-refractivity contribution < 1.29 is 14.3 Å². The second-order valence-electron chi connectivity index (χ2n) is 9.52. The molecule has 0 bridgehead atoms. The van der Waals surface area contributed by atoms with E-state index >= 15 is 0 Å². The lowest BCUT2D eigenvalue weighted by atomic mass is 10.0. The molecule has 184 valence electrons. The molecule has 0 aliphatic heterocycles. The van der Waals surface area contributed by atoms with Crippen molar-refractivity contribution in [2.45, 2.75) is 50.7 Å². The molecule has 36 heavy (non-hydrogen) atoms. The maximum atomic E-state index is 13.1. The topological polar surface area (TPSA) is 93.5 Å². The molecule has 0 saturated heterocycles. The molecule has 3 aromatic carbocycles. The summed E-state index contributed by atoms with van der Waals surface area (Å²) in [5, 5.41) is 5.93. The SMILES string of the molecule is Nc1ccccc1NC(=O)c1ccc(C=C(C(=O)NC2CC2)c2ccc(OC3CCCC3)cc2)cc1. The lowest BCUT2D eigenvalue weighted by Gasteiger charge is -2.14. The van der Waals surface area contributed by atoms with Crippen molar-refractivity contribution in [1.82, 2.24) is 5.32 Å². The summed E-state index contributed by atoms with van der Waals surface area (Å²) in [5.41, 5.74) is 9.77. The number of amides is 2. The molecule has 0 spiro atoms. The summed E-state index contributed by atoms with van der Waals surface area (Å²) in [4.78, 5) is 25.7. The predicted molar refractivity (Wildman–Crippen MR) is 144 cm³/mol. The van der Waals surface area contributed by atoms with Crippen molar-refractivity contribution >= 4 is 34.8 Å². The molecule has 0 radical (unpaired) electrons. The van der Waals surface area contributed by atoms with Gasteiger partial charge in [-0.2, -0.15) is 0 Å². The maximum absolute atomic E-state index is 13.1. The normalized spacial score (nSPS) is 15.9. The molecular weight excluding hydrogens is 450 g/mol. The van der Waals surface area contributed by atoms with Crippen LogP contribution in [0.15, 0.2) is 72.8 Å². The van der Waals surface area contributed by atoms with Crippen LogP contribution in [0.2, 0.25) is 0 Å². The number of anilines is 2. The van der Waals surface area contributed by atoms with Gasteiger partial charge in [0.25, 0.3) is 11.8 Å². The van der Waals surface area contributed by atoms with Gasteiger partial charge in [-0.25, -0.2) is 0 Å². The molecule has 0 atom stereocenters. The van der Waals surface area contributed by atoms with Crippen LogP contribution in [-0.2, 0) is 4.79 Å². The van der Waals surface area contributed by atoms with E-state index in [1.807, 2.05) is 54.6 Å². The Balaban J connectivity index is 1.33. The van der Waals surface area contributed by atoms with E-state index in [2.05, 4.69) is 10.6 Å². The van der Waals surface area contributed by atoms with E-state index in [1.54, 1.807) is 24.3 Å². The van der Waals surface area contributed by atoms with Gasteiger partial charge in [0.1, 0.15) is 5.75 Å². The minimum Gasteiger partial charge on any atom is -0.490 e. The van der Waals surface area contributed by atoms with E-state index in [-0.39, 0.29) is 24.0 Å². The molecular formula is C30H31N3O3. The van der Waals surface area contributed by atoms with Gasteiger partial charge in [-0.3, -0.25) is 9.59 Å². The van der Waals surface area contributed by atoms with Crippen molar-refractivity contribution in [2.24, 2.45) is 0 Å². The summed E-state index contributed by atoms with van der Waals surface area (Å²) >= 11 is 0. The first-order valence-corrected chi connectivity index (χ1v) is 12.6. The maximum Gasteiger partial charge on any atom is 0.255 e. The van der Waals surface area contributed by atoms with Gasteiger partial charge in [-0.05, 0) is 92.1 Å². The van der Waals surface area contributed by atoms with E-state index in [0.29, 0.717) is 22.5 Å². The molecule has 2 saturated carbocycles. The first-order chi connectivity index (χ1) is 17.5. The van der Waals surface area contributed by atoms with Crippen molar-refractivity contribution in [1.29, 1.82) is 0 Å². The Labute approximate surface area is 211 Å². The third-order valence-corrected chi connectivity index (χ3v) is 6.62. The van der Waals surface area contributed by atoms with Gasteiger partial charge in [0.05, 0.1) is 17.5 Å². The van der Waals surface area contributed by atoms with E-state index in [1.165, 1.54) is 12.8 Å². The van der Waals surface area contributed by atoms with E-state index < -0.39 is 0 Å². The summed E-state index contributed by atoms with van der Waals surface area (Å²) < 4.78 is 6.08. The number of nitrogen functional groups attached to an aromatic ring is 1. The van der Waals surface area contributed by atoms with Gasteiger partial charge in [0.2, 0.25) is 0 Å². The van der Waals surface area contributed by atoms with Crippen molar-refractivity contribution in [2.75, 3.05) is 11.1 Å². The van der Waals surface area contributed by atoms with Gasteiger partial charge < -0.3 is 21.1 Å². The molecule has 6 nitrogen and oxygen atoms in total. The Morgan fingerprint density at radius 3 is 2.17 bits per heavy atom. The Morgan fingerprint density at radius 2 is 1.50 bits per heavy atom. The number of nitrogens with one attached hydrogen (secondary N) is 2. The molecule has 0 heterocycles. The van der Waals surface area contributed by atoms with Gasteiger partial charge in [0.15, 0.2) is 0 Å². The number of benzene rings is 3. The summed E-state index contributed by atoms with van der Waals surface area (Å²) in [7, 11) is 0. The standard InChI is InChI=1S/C30H31N3O3/c31-27-7-3-4-8-28(27)33-29(34)22-11-9-20(10-12-22)19-26(30(35)32-23-15-16-23)21-13-17-25(18-14-21)36-24-5-1-2-6-24/h3-4,7-14,17-19,23-24H,1-2,5-6,15-16,31H2,(H,32,35)(H,33,34). The van der Waals surface area contributed by atoms with Crippen LogP contribution in [0.25, 0.3) is 11.6 Å². The number of hydrogen-bond acceptors (Lipinski definition) is 4. The largest absolute Gasteiger partial charge is 0.490 e. The van der Waals surface area contributed by atoms with E-state index in [9.17, 15) is 9.59 Å². The van der Waals surface area contributed by atoms with Crippen molar-refractivity contribution in [3.63, 3.8) is 0 Å². The Hall–Kier alpha value is -4.06. The van der Waals surface area contributed by atoms with Gasteiger partial charge >= 0.3 is 0 Å². The highest BCUT2D eigenvalue weighted by atomic mass is 16.5. The number of rotatable bonds is 8. The zero-order valence-electron chi connectivity index (χ0n) is 20.2. The van der Waals surface area contributed by atoms with Crippen LogP contribution in [0.1, 0.15) is 60.0 Å². The Kier molecular flexibility index (Phi) is 7.03. The fraction of sp³-hybridized carbons (Fsp3) is 0.267. The lowest BCUT2D eigenvalue weighted by Crippen LogP contribution is -2.26. The molecule has 0 unspecified atom stereocenters. The highest BCUT2D eigenvalue weighted by molar-refractivity contribution is 6.24. The summed E-state index contributed by atoms with van der Waals surface area (Å²) in [6, 6.07) is 22.3. The van der Waals surface area contributed by atoms with Crippen LogP contribution in [0.4, 0.5) is 11.4 Å². The fourth-order valence-electron chi connectivity index (χ4n) is 4.39. The Morgan fingerprint density at radius 1 is 0.833 bits per heavy atom. The zero-order chi connectivity index (χ0) is 24.9. The molecule has 2 amide bonds. The molecule has 2 aliphatic carbocycles. The average Bonchev–Trinajstić information content (AvgIpc) is 3.56. The minimum atomic E-state index is -0.243. The molecule has 2 fully saturated rings. The number of ether oxygens (including phenoxy) is 1. The second-order valence-corrected chi connectivity index (χ2v) is 9.52. The van der Waals surface area contributed by atoms with Gasteiger partial charge in [-0.1, -0.05) is 36.4 Å². The number of para-hydroxylation sites is 2. The molecule has 6 heteroatoms. The lowest BCUT2D eigenvalue weighted by molar-refractivity contribution is -0.115. The molecule has 5 rings (SSSR count). The van der Waals surface area contributed by atoms with Gasteiger partial charge in [0, 0.05) is 17.2 Å². The van der Waals surface area contributed by atoms with Crippen LogP contribution in [0.5, 0.6) is 5.75 Å². The third-order valence-electron chi connectivity index (χ3n) is 6.62. The van der Waals surface area contributed by atoms with Crippen LogP contribution >= 0.6 is 0 Å². The van der Waals surface area contributed by atoms with Crippen LogP contribution in [0.3, 0.4) is 0 Å². The third kappa shape index (κ3) is 5.95. The van der Waals surface area contributed by atoms with Crippen molar-refractivity contribution in [3.05, 3.63) is 89.5 Å². The van der Waals surface area contributed by atoms with Crippen LogP contribution in [-0.4, -0.2) is 24.0 Å². The number of carbonyl (C=O) groups is 2. The second kappa shape index (κ2) is 10.7. The zero-order valence-corrected chi connectivity index (χ0v) is 20.2. The first kappa shape index (κ1) is 23.7. The molecule has 4 N–H and O–H groups in total. The van der Waals surface area contributed by atoms with E-state index in [0.717, 1.165) is 42.6 Å². The molecule has 3 aromatic rings. The Bertz CT molecular complexity index is 1260. The summed E-state index contributed by atoms with van der Waals surface area (Å²) in [6.45, 7) is 0. The highest BCUT2D eigenvalue weighted by Gasteiger charge is 2.25. The fourth-order valence-corrected chi connectivity index (χ4v) is 4.39. The van der Waals surface area contributed by atoms with Crippen LogP contribution in [0, 0.1) is 0 Å². The summed E-state index contributed by atoms with van der Waals surface area (Å²) in [6.07, 6.45) is 8.83. The quantitative estimate of drug-likeness (QED) is 0.220. The van der Waals surface area contributed by atoms with E-state index in [4.69, 9.17) is 10.5 Å². The number of nitrogens with two attached hydrogens (primary N) is 1. The number of hydrogen-bond donors (Lipinski definition) is 3. The number of carbonyl (C=O) groups excluding carboxylic acids is 2. The van der Waals surface area contributed by atoms with Crippen LogP contribution < -0.4 is 21.1 Å². The smallest absolute Gasteiger partial charge is 0.255 e. The molecule has 0 aromatic heterocycles. The van der Waals surface area contributed by atoms with Gasteiger partial charge in [-0.15, -0.1) is 0 Å². The molecule has 2 aliphatic rings. The monoisotopic (exact) mass is 481 g/mol. The predicted octanol–water partition coefficient (Wildman–Crippen LogP) is 5.66. The summed E-state index contributed by atoms with van der Waals surface area (Å²) in [5.74, 6) is 0.498. The minimum absolute atomic E-state index is 0.0941. The highest BCUT2D eigenvalue weighted by Crippen LogP contribution is 2.28. The first-order valence-electron chi connectivity index (χ1n) is 12.6. The van der Waals surface area contributed by atoms with Crippen molar-refractivity contribution in [3.8, 4) is 5.75 Å². The average molecular weight is 482 g/mol.